The Labute approximate surface area is 100 Å². The number of ether oxygens (including phenoxy) is 1. The lowest BCUT2D eigenvalue weighted by Gasteiger charge is -2.25. The Morgan fingerprint density at radius 3 is 2.59 bits per heavy atom. The minimum Gasteiger partial charge on any atom is -0.497 e. The molecule has 0 radical (unpaired) electrons. The van der Waals surface area contributed by atoms with E-state index >= 15 is 0 Å². The molecule has 0 spiro atoms. The number of hydrogen-bond acceptors (Lipinski definition) is 3. The number of likely N-dealkylation sites (tertiary alicyclic amines) is 1. The number of carbonyl (C=O) groups is 2. The van der Waals surface area contributed by atoms with Gasteiger partial charge in [0.25, 0.3) is 5.91 Å². The monoisotopic (exact) mass is 233 g/mol. The summed E-state index contributed by atoms with van der Waals surface area (Å²) in [5, 5.41) is 0. The molecule has 90 valence electrons. The molecule has 1 fully saturated rings. The van der Waals surface area contributed by atoms with E-state index < -0.39 is 0 Å². The summed E-state index contributed by atoms with van der Waals surface area (Å²) in [6.45, 7) is 0.904. The van der Waals surface area contributed by atoms with Crippen LogP contribution in [-0.2, 0) is 4.79 Å². The van der Waals surface area contributed by atoms with Crippen molar-refractivity contribution in [3.63, 3.8) is 0 Å². The molecule has 1 heterocycles. The Morgan fingerprint density at radius 2 is 2.00 bits per heavy atom. The van der Waals surface area contributed by atoms with Gasteiger partial charge in [0.15, 0.2) is 5.78 Å². The summed E-state index contributed by atoms with van der Waals surface area (Å²) >= 11 is 0. The highest BCUT2D eigenvalue weighted by Gasteiger charge is 2.22. The second-order valence-corrected chi connectivity index (χ2v) is 4.10. The van der Waals surface area contributed by atoms with Crippen LogP contribution in [0.25, 0.3) is 0 Å². The van der Waals surface area contributed by atoms with E-state index in [-0.39, 0.29) is 18.2 Å². The molecule has 2 rings (SSSR count). The summed E-state index contributed by atoms with van der Waals surface area (Å²) in [5.74, 6) is 0.773. The van der Waals surface area contributed by atoms with Gasteiger partial charge in [-0.05, 0) is 30.7 Å². The summed E-state index contributed by atoms with van der Waals surface area (Å²) in [7, 11) is 1.58. The third-order valence-corrected chi connectivity index (χ3v) is 2.88. The van der Waals surface area contributed by atoms with Crippen molar-refractivity contribution in [2.75, 3.05) is 20.2 Å². The van der Waals surface area contributed by atoms with Gasteiger partial charge in [-0.15, -0.1) is 0 Å². The molecule has 0 saturated carbocycles. The highest BCUT2D eigenvalue weighted by molar-refractivity contribution is 5.97. The van der Waals surface area contributed by atoms with E-state index in [0.717, 1.165) is 12.2 Å². The summed E-state index contributed by atoms with van der Waals surface area (Å²) in [6.07, 6.45) is 1.35. The van der Waals surface area contributed by atoms with Gasteiger partial charge in [0.2, 0.25) is 0 Å². The molecular formula is C13H15NO3. The highest BCUT2D eigenvalue weighted by Crippen LogP contribution is 2.15. The normalized spacial score (nSPS) is 15.8. The number of ketones is 1. The number of amides is 1. The number of piperidine rings is 1. The Kier molecular flexibility index (Phi) is 3.42. The predicted octanol–water partition coefficient (Wildman–Crippen LogP) is 1.50. The predicted molar refractivity (Wildman–Crippen MR) is 63.1 cm³/mol. The zero-order valence-electron chi connectivity index (χ0n) is 9.81. The second kappa shape index (κ2) is 4.99. The van der Waals surface area contributed by atoms with E-state index in [2.05, 4.69) is 0 Å². The molecule has 1 aliphatic heterocycles. The van der Waals surface area contributed by atoms with Crippen LogP contribution in [0.15, 0.2) is 24.3 Å². The number of nitrogens with zero attached hydrogens (tertiary/aromatic N) is 1. The fourth-order valence-electron chi connectivity index (χ4n) is 1.93. The highest BCUT2D eigenvalue weighted by atomic mass is 16.5. The molecular weight excluding hydrogens is 218 g/mol. The average molecular weight is 233 g/mol. The van der Waals surface area contributed by atoms with Crippen molar-refractivity contribution < 1.29 is 14.3 Å². The Morgan fingerprint density at radius 1 is 1.29 bits per heavy atom. The minimum absolute atomic E-state index is 0.0827. The van der Waals surface area contributed by atoms with Crippen molar-refractivity contribution in [2.24, 2.45) is 0 Å². The first-order valence-electron chi connectivity index (χ1n) is 5.66. The summed E-state index contributed by atoms with van der Waals surface area (Å²) in [5.41, 5.74) is 0.598. The standard InChI is InChI=1S/C13H15NO3/c1-17-12-6-4-10(5-7-12)13(16)14-8-2-3-11(15)9-14/h4-7H,2-3,8-9H2,1H3. The first kappa shape index (κ1) is 11.6. The maximum absolute atomic E-state index is 12.1. The van der Waals surface area contributed by atoms with Crippen molar-refractivity contribution in [3.05, 3.63) is 29.8 Å². The maximum Gasteiger partial charge on any atom is 0.254 e. The first-order valence-corrected chi connectivity index (χ1v) is 5.66. The fraction of sp³-hybridized carbons (Fsp3) is 0.385. The third-order valence-electron chi connectivity index (χ3n) is 2.88. The Hall–Kier alpha value is -1.84. The zero-order chi connectivity index (χ0) is 12.3. The van der Waals surface area contributed by atoms with Gasteiger partial charge in [-0.25, -0.2) is 0 Å². The van der Waals surface area contributed by atoms with E-state index in [1.165, 1.54) is 0 Å². The largest absolute Gasteiger partial charge is 0.497 e. The van der Waals surface area contributed by atoms with Crippen LogP contribution in [0.5, 0.6) is 5.75 Å². The lowest BCUT2D eigenvalue weighted by Crippen LogP contribution is -2.40. The second-order valence-electron chi connectivity index (χ2n) is 4.10. The molecule has 1 aromatic carbocycles. The molecule has 17 heavy (non-hydrogen) atoms. The zero-order valence-corrected chi connectivity index (χ0v) is 9.81. The van der Waals surface area contributed by atoms with Crippen molar-refractivity contribution in [1.82, 2.24) is 4.90 Å². The van der Waals surface area contributed by atoms with Gasteiger partial charge >= 0.3 is 0 Å². The van der Waals surface area contributed by atoms with Crippen molar-refractivity contribution >= 4 is 11.7 Å². The topological polar surface area (TPSA) is 46.6 Å². The quantitative estimate of drug-likeness (QED) is 0.777. The lowest BCUT2D eigenvalue weighted by molar-refractivity contribution is -0.121. The van der Waals surface area contributed by atoms with E-state index in [0.29, 0.717) is 18.5 Å². The van der Waals surface area contributed by atoms with E-state index in [1.807, 2.05) is 0 Å². The molecule has 0 N–H and O–H groups in total. The first-order chi connectivity index (χ1) is 8.20. The van der Waals surface area contributed by atoms with Gasteiger partial charge in [0, 0.05) is 18.5 Å². The van der Waals surface area contributed by atoms with Crippen LogP contribution >= 0.6 is 0 Å². The summed E-state index contributed by atoms with van der Waals surface area (Å²) in [4.78, 5) is 25.0. The number of Topliss-reactive ketones (excluding diaryl/α,β-unsaturated/α-hetero) is 1. The number of carbonyl (C=O) groups excluding carboxylic acids is 2. The van der Waals surface area contributed by atoms with Crippen LogP contribution in [-0.4, -0.2) is 36.8 Å². The Balaban J connectivity index is 2.10. The smallest absolute Gasteiger partial charge is 0.254 e. The summed E-state index contributed by atoms with van der Waals surface area (Å²) in [6, 6.07) is 6.94. The molecule has 1 aromatic rings. The van der Waals surface area contributed by atoms with Crippen LogP contribution in [0.3, 0.4) is 0 Å². The van der Waals surface area contributed by atoms with Crippen molar-refractivity contribution in [3.8, 4) is 5.75 Å². The van der Waals surface area contributed by atoms with Gasteiger partial charge < -0.3 is 9.64 Å². The number of methoxy groups -OCH3 is 1. The van der Waals surface area contributed by atoms with Crippen LogP contribution in [0.2, 0.25) is 0 Å². The van der Waals surface area contributed by atoms with Gasteiger partial charge in [-0.2, -0.15) is 0 Å². The third kappa shape index (κ3) is 2.64. The molecule has 4 heteroatoms. The van der Waals surface area contributed by atoms with E-state index in [1.54, 1.807) is 36.3 Å². The Bertz CT molecular complexity index is 425. The van der Waals surface area contributed by atoms with Gasteiger partial charge in [0.05, 0.1) is 13.7 Å². The van der Waals surface area contributed by atoms with E-state index in [4.69, 9.17) is 4.74 Å². The van der Waals surface area contributed by atoms with Gasteiger partial charge in [0.1, 0.15) is 5.75 Å². The average Bonchev–Trinajstić information content (AvgIpc) is 2.38. The molecule has 1 saturated heterocycles. The number of hydrogen-bond donors (Lipinski definition) is 0. The molecule has 0 atom stereocenters. The molecule has 0 aliphatic carbocycles. The van der Waals surface area contributed by atoms with Gasteiger partial charge in [-0.1, -0.05) is 0 Å². The van der Waals surface area contributed by atoms with Crippen LogP contribution in [0.1, 0.15) is 23.2 Å². The van der Waals surface area contributed by atoms with Crippen LogP contribution < -0.4 is 4.74 Å². The number of benzene rings is 1. The molecule has 0 bridgehead atoms. The van der Waals surface area contributed by atoms with Crippen molar-refractivity contribution in [1.29, 1.82) is 0 Å². The molecule has 0 aromatic heterocycles. The number of rotatable bonds is 2. The fourth-order valence-corrected chi connectivity index (χ4v) is 1.93. The molecule has 1 aliphatic rings. The lowest BCUT2D eigenvalue weighted by atomic mass is 10.1. The van der Waals surface area contributed by atoms with Crippen molar-refractivity contribution in [2.45, 2.75) is 12.8 Å². The minimum atomic E-state index is -0.0827. The van der Waals surface area contributed by atoms with E-state index in [9.17, 15) is 9.59 Å². The van der Waals surface area contributed by atoms with Crippen LogP contribution in [0.4, 0.5) is 0 Å². The maximum atomic E-state index is 12.1. The van der Waals surface area contributed by atoms with Crippen LogP contribution in [0, 0.1) is 0 Å². The SMILES string of the molecule is COc1ccc(C(=O)N2CCCC(=O)C2)cc1. The van der Waals surface area contributed by atoms with Gasteiger partial charge in [-0.3, -0.25) is 9.59 Å². The summed E-state index contributed by atoms with van der Waals surface area (Å²) < 4.78 is 5.03. The molecule has 4 nitrogen and oxygen atoms in total. The molecule has 0 unspecified atom stereocenters. The molecule has 1 amide bonds.